The zero-order chi connectivity index (χ0) is 23.2. The van der Waals surface area contributed by atoms with E-state index >= 15 is 0 Å². The largest absolute Gasteiger partial charge is 0.332 e. The Balaban J connectivity index is 1.36. The van der Waals surface area contributed by atoms with Gasteiger partial charge in [-0.15, -0.1) is 0 Å². The summed E-state index contributed by atoms with van der Waals surface area (Å²) in [7, 11) is 0. The van der Waals surface area contributed by atoms with Gasteiger partial charge in [0.1, 0.15) is 23.0 Å². The van der Waals surface area contributed by atoms with Crippen LogP contribution in [-0.4, -0.2) is 19.9 Å². The third-order valence-electron chi connectivity index (χ3n) is 6.47. The summed E-state index contributed by atoms with van der Waals surface area (Å²) in [5.74, 6) is -1.05. The van der Waals surface area contributed by atoms with E-state index in [4.69, 9.17) is 4.98 Å². The van der Waals surface area contributed by atoms with Gasteiger partial charge in [0.05, 0.1) is 5.69 Å². The number of imidazole rings is 1. The Morgan fingerprint density at radius 2 is 1.82 bits per heavy atom. The molecule has 3 aromatic heterocycles. The lowest BCUT2D eigenvalue weighted by atomic mass is 10.0. The normalized spacial score (nSPS) is 13.4. The fourth-order valence-corrected chi connectivity index (χ4v) is 4.89. The fraction of sp³-hybridized carbons (Fsp3) is 0.185. The zero-order valence-corrected chi connectivity index (χ0v) is 18.4. The molecule has 3 heterocycles. The second-order valence-electron chi connectivity index (χ2n) is 8.76. The molecule has 0 saturated heterocycles. The van der Waals surface area contributed by atoms with Gasteiger partial charge in [0.2, 0.25) is 0 Å². The molecule has 1 N–H and O–H groups in total. The Bertz CT molecular complexity index is 1570. The van der Waals surface area contributed by atoms with Gasteiger partial charge < -0.3 is 14.3 Å². The minimum absolute atomic E-state index is 0.279. The average Bonchev–Trinajstić information content (AvgIpc) is 3.36. The van der Waals surface area contributed by atoms with Crippen LogP contribution in [0.3, 0.4) is 0 Å². The van der Waals surface area contributed by atoms with Crippen molar-refractivity contribution in [1.82, 2.24) is 14.0 Å². The highest BCUT2D eigenvalue weighted by atomic mass is 19.1. The number of aryl methyl sites for hydroxylation is 2. The summed E-state index contributed by atoms with van der Waals surface area (Å²) >= 11 is 0. The van der Waals surface area contributed by atoms with E-state index in [1.807, 2.05) is 18.3 Å². The first-order valence-corrected chi connectivity index (χ1v) is 11.4. The van der Waals surface area contributed by atoms with Gasteiger partial charge >= 0.3 is 0 Å². The quantitative estimate of drug-likeness (QED) is 0.375. The number of aromatic nitrogens is 3. The Labute approximate surface area is 194 Å². The maximum Gasteiger partial charge on any atom is 0.272 e. The van der Waals surface area contributed by atoms with E-state index < -0.39 is 0 Å². The van der Waals surface area contributed by atoms with Crippen LogP contribution in [0.15, 0.2) is 66.9 Å². The monoisotopic (exact) mass is 456 g/mol. The van der Waals surface area contributed by atoms with Gasteiger partial charge in [-0.25, -0.2) is 13.8 Å². The van der Waals surface area contributed by atoms with Crippen LogP contribution in [0.5, 0.6) is 0 Å². The van der Waals surface area contributed by atoms with E-state index in [-0.39, 0.29) is 24.1 Å². The highest BCUT2D eigenvalue weighted by Crippen LogP contribution is 2.26. The Kier molecular flexibility index (Phi) is 4.90. The molecular weight excluding hydrogens is 434 g/mol. The van der Waals surface area contributed by atoms with Crippen molar-refractivity contribution in [3.05, 3.63) is 101 Å². The van der Waals surface area contributed by atoms with Crippen molar-refractivity contribution in [1.29, 1.82) is 0 Å². The minimum atomic E-state index is -0.379. The van der Waals surface area contributed by atoms with Crippen LogP contribution in [0.25, 0.3) is 16.6 Å². The molecule has 7 heteroatoms. The van der Waals surface area contributed by atoms with E-state index in [0.717, 1.165) is 37.0 Å². The summed E-state index contributed by atoms with van der Waals surface area (Å²) in [6, 6.07) is 16.0. The number of carbonyl (C=O) groups is 1. The highest BCUT2D eigenvalue weighted by Gasteiger charge is 2.19. The predicted octanol–water partition coefficient (Wildman–Crippen LogP) is 5.75. The number of rotatable bonds is 4. The molecular formula is C27H22F2N4O. The number of halogens is 2. The van der Waals surface area contributed by atoms with Gasteiger partial charge in [0.25, 0.3) is 5.91 Å². The van der Waals surface area contributed by atoms with Gasteiger partial charge in [-0.1, -0.05) is 12.1 Å². The number of hydrogen-bond acceptors (Lipinski definition) is 2. The number of hydrogen-bond donors (Lipinski definition) is 1. The predicted molar refractivity (Wildman–Crippen MR) is 127 cm³/mol. The molecule has 0 fully saturated rings. The third kappa shape index (κ3) is 3.63. The summed E-state index contributed by atoms with van der Waals surface area (Å²) in [6.07, 6.45) is 6.25. The van der Waals surface area contributed by atoms with Crippen LogP contribution < -0.4 is 5.32 Å². The first kappa shape index (κ1) is 20.6. The van der Waals surface area contributed by atoms with Crippen molar-refractivity contribution < 1.29 is 13.6 Å². The van der Waals surface area contributed by atoms with Crippen LogP contribution >= 0.6 is 0 Å². The molecule has 1 amide bonds. The molecule has 0 bridgehead atoms. The number of benzene rings is 2. The summed E-state index contributed by atoms with van der Waals surface area (Å²) in [5, 5.41) is 3.57. The van der Waals surface area contributed by atoms with E-state index in [0.29, 0.717) is 27.8 Å². The standard InChI is InChI=1S/C27H22F2N4O/c28-19-5-3-4-17(12-19)16-33-23-9-8-20(29)13-18(23)14-25(33)27(34)30-21-10-11-32-24-7-2-1-6-22(24)31-26(32)15-21/h3-5,8-15H,1-2,6-7,16H2,(H,30,34). The van der Waals surface area contributed by atoms with Crippen molar-refractivity contribution in [3.8, 4) is 0 Å². The summed E-state index contributed by atoms with van der Waals surface area (Å²) in [4.78, 5) is 18.1. The maximum absolute atomic E-state index is 13.9. The summed E-state index contributed by atoms with van der Waals surface area (Å²) < 4.78 is 31.5. The second kappa shape index (κ2) is 8.09. The van der Waals surface area contributed by atoms with E-state index in [1.165, 1.54) is 30.0 Å². The van der Waals surface area contributed by atoms with Crippen LogP contribution in [0.2, 0.25) is 0 Å². The van der Waals surface area contributed by atoms with Gasteiger partial charge in [0, 0.05) is 41.1 Å². The summed E-state index contributed by atoms with van der Waals surface area (Å²) in [6.45, 7) is 0.279. The lowest BCUT2D eigenvalue weighted by Gasteiger charge is -2.12. The van der Waals surface area contributed by atoms with E-state index in [2.05, 4.69) is 9.72 Å². The van der Waals surface area contributed by atoms with Crippen molar-refractivity contribution in [3.63, 3.8) is 0 Å². The van der Waals surface area contributed by atoms with E-state index in [1.54, 1.807) is 28.8 Å². The third-order valence-corrected chi connectivity index (χ3v) is 6.47. The molecule has 1 aliphatic carbocycles. The Morgan fingerprint density at radius 1 is 0.971 bits per heavy atom. The SMILES string of the molecule is O=C(Nc1ccn2c3c(nc2c1)CCCC3)c1cc2cc(F)ccc2n1Cc1cccc(F)c1. The van der Waals surface area contributed by atoms with Gasteiger partial charge in [-0.05, 0) is 73.7 Å². The number of nitrogens with zero attached hydrogens (tertiary/aromatic N) is 3. The topological polar surface area (TPSA) is 51.3 Å². The molecule has 0 radical (unpaired) electrons. The number of amides is 1. The van der Waals surface area contributed by atoms with Gasteiger partial charge in [0.15, 0.2) is 0 Å². The molecule has 1 aliphatic rings. The molecule has 0 unspecified atom stereocenters. The first-order chi connectivity index (χ1) is 16.5. The minimum Gasteiger partial charge on any atom is -0.332 e. The number of pyridine rings is 1. The summed E-state index contributed by atoms with van der Waals surface area (Å²) in [5.41, 5.74) is 5.60. The average molecular weight is 456 g/mol. The van der Waals surface area contributed by atoms with Crippen molar-refractivity contribution in [2.75, 3.05) is 5.32 Å². The highest BCUT2D eigenvalue weighted by molar-refractivity contribution is 6.06. The number of carbonyl (C=O) groups excluding carboxylic acids is 1. The van der Waals surface area contributed by atoms with E-state index in [9.17, 15) is 13.6 Å². The molecule has 0 saturated carbocycles. The number of fused-ring (bicyclic) bond motifs is 4. The van der Waals surface area contributed by atoms with Gasteiger partial charge in [-0.3, -0.25) is 4.79 Å². The Morgan fingerprint density at radius 3 is 2.71 bits per heavy atom. The van der Waals surface area contributed by atoms with Crippen LogP contribution in [0.1, 0.15) is 40.3 Å². The van der Waals surface area contributed by atoms with Crippen LogP contribution in [-0.2, 0) is 19.4 Å². The maximum atomic E-state index is 13.9. The number of nitrogens with one attached hydrogen (secondary N) is 1. The van der Waals surface area contributed by atoms with Crippen LogP contribution in [0.4, 0.5) is 14.5 Å². The second-order valence-corrected chi connectivity index (χ2v) is 8.76. The number of anilines is 1. The molecule has 34 heavy (non-hydrogen) atoms. The molecule has 5 aromatic rings. The molecule has 2 aromatic carbocycles. The Hall–Kier alpha value is -4.00. The lowest BCUT2D eigenvalue weighted by Crippen LogP contribution is -2.17. The molecule has 5 nitrogen and oxygen atoms in total. The van der Waals surface area contributed by atoms with Crippen LogP contribution in [0, 0.1) is 11.6 Å². The molecule has 6 rings (SSSR count). The van der Waals surface area contributed by atoms with Gasteiger partial charge in [-0.2, -0.15) is 0 Å². The van der Waals surface area contributed by atoms with Crippen molar-refractivity contribution in [2.45, 2.75) is 32.2 Å². The molecule has 0 spiro atoms. The molecule has 0 atom stereocenters. The molecule has 170 valence electrons. The first-order valence-electron chi connectivity index (χ1n) is 11.4. The lowest BCUT2D eigenvalue weighted by molar-refractivity contribution is 0.101. The van der Waals surface area contributed by atoms with Crippen molar-refractivity contribution in [2.24, 2.45) is 0 Å². The fourth-order valence-electron chi connectivity index (χ4n) is 4.89. The smallest absolute Gasteiger partial charge is 0.272 e. The molecule has 0 aliphatic heterocycles. The van der Waals surface area contributed by atoms with Crippen molar-refractivity contribution >= 4 is 28.1 Å². The zero-order valence-electron chi connectivity index (χ0n) is 18.4.